The van der Waals surface area contributed by atoms with Crippen LogP contribution in [0.4, 0.5) is 0 Å². The van der Waals surface area contributed by atoms with Crippen molar-refractivity contribution in [2.45, 2.75) is 25.2 Å². The summed E-state index contributed by atoms with van der Waals surface area (Å²) in [5.74, 6) is 0.841. The number of aromatic nitrogens is 3. The maximum Gasteiger partial charge on any atom is 0.170 e. The minimum atomic E-state index is -0.0608. The van der Waals surface area contributed by atoms with Gasteiger partial charge in [-0.15, -0.1) is 0 Å². The van der Waals surface area contributed by atoms with Crippen LogP contribution in [-0.2, 0) is 13.1 Å². The van der Waals surface area contributed by atoms with E-state index in [2.05, 4.69) is 61.3 Å². The summed E-state index contributed by atoms with van der Waals surface area (Å²) in [5.41, 5.74) is 4.30. The van der Waals surface area contributed by atoms with Gasteiger partial charge in [0.05, 0.1) is 37.1 Å². The summed E-state index contributed by atoms with van der Waals surface area (Å²) in [6.45, 7) is 1.37. The average molecular weight is 456 g/mol. The second-order valence-corrected chi connectivity index (χ2v) is 8.37. The smallest absolute Gasteiger partial charge is 0.170 e. The van der Waals surface area contributed by atoms with Crippen LogP contribution in [0.1, 0.15) is 34.7 Å². The van der Waals surface area contributed by atoms with Gasteiger partial charge in [-0.2, -0.15) is 0 Å². The highest BCUT2D eigenvalue weighted by Crippen LogP contribution is 2.39. The second-order valence-electron chi connectivity index (χ2n) is 7.98. The molecule has 0 unspecified atom stereocenters. The zero-order valence-corrected chi connectivity index (χ0v) is 19.2. The summed E-state index contributed by atoms with van der Waals surface area (Å²) in [6, 6.07) is 24.3. The molecule has 0 radical (unpaired) electrons. The van der Waals surface area contributed by atoms with Crippen molar-refractivity contribution in [2.75, 3.05) is 7.11 Å². The molecule has 1 aliphatic heterocycles. The van der Waals surface area contributed by atoms with Crippen LogP contribution in [0.5, 0.6) is 5.75 Å². The number of hydrogen-bond acceptors (Lipinski definition) is 4. The molecule has 3 aromatic heterocycles. The van der Waals surface area contributed by atoms with Gasteiger partial charge in [0.15, 0.2) is 5.11 Å². The highest BCUT2D eigenvalue weighted by molar-refractivity contribution is 7.80. The van der Waals surface area contributed by atoms with Crippen LogP contribution in [0.2, 0.25) is 0 Å². The number of benzene rings is 1. The molecule has 1 saturated heterocycles. The Morgan fingerprint density at radius 3 is 2.39 bits per heavy atom. The van der Waals surface area contributed by atoms with Crippen molar-refractivity contribution in [3.63, 3.8) is 0 Å². The van der Waals surface area contributed by atoms with E-state index in [-0.39, 0.29) is 12.1 Å². The van der Waals surface area contributed by atoms with E-state index in [1.54, 1.807) is 7.11 Å². The number of thiocarbonyl (C=S) groups is 1. The molecule has 0 spiro atoms. The first-order chi connectivity index (χ1) is 16.2. The molecule has 1 fully saturated rings. The molecule has 1 aliphatic rings. The summed E-state index contributed by atoms with van der Waals surface area (Å²) >= 11 is 5.83. The fourth-order valence-electron chi connectivity index (χ4n) is 4.33. The van der Waals surface area contributed by atoms with E-state index < -0.39 is 0 Å². The van der Waals surface area contributed by atoms with Crippen molar-refractivity contribution in [2.24, 2.45) is 0 Å². The van der Waals surface area contributed by atoms with Crippen molar-refractivity contribution >= 4 is 17.3 Å². The summed E-state index contributed by atoms with van der Waals surface area (Å²) in [6.07, 6.45) is 5.76. The van der Waals surface area contributed by atoms with Gasteiger partial charge in [0.25, 0.3) is 0 Å². The van der Waals surface area contributed by atoms with Crippen LogP contribution in [-0.4, -0.2) is 31.7 Å². The van der Waals surface area contributed by atoms with Crippen molar-refractivity contribution in [1.29, 1.82) is 0 Å². The van der Waals surface area contributed by atoms with E-state index in [1.807, 2.05) is 54.9 Å². The Kier molecular flexibility index (Phi) is 6.04. The molecule has 1 N–H and O–H groups in total. The van der Waals surface area contributed by atoms with Crippen molar-refractivity contribution in [3.05, 3.63) is 114 Å². The molecule has 6 nitrogen and oxygen atoms in total. The quantitative estimate of drug-likeness (QED) is 0.414. The second kappa shape index (κ2) is 9.42. The van der Waals surface area contributed by atoms with E-state index in [9.17, 15) is 0 Å². The van der Waals surface area contributed by atoms with Crippen LogP contribution in [0.3, 0.4) is 0 Å². The van der Waals surface area contributed by atoms with Gasteiger partial charge in [-0.25, -0.2) is 0 Å². The monoisotopic (exact) mass is 455 g/mol. The van der Waals surface area contributed by atoms with E-state index in [0.29, 0.717) is 13.1 Å². The summed E-state index contributed by atoms with van der Waals surface area (Å²) in [4.78, 5) is 11.4. The Bertz CT molecular complexity index is 1210. The van der Waals surface area contributed by atoms with Crippen LogP contribution in [0.25, 0.3) is 0 Å². The number of hydrogen-bond donors (Lipinski definition) is 1. The number of nitrogens with one attached hydrogen (secondary N) is 1. The molecule has 5 rings (SSSR count). The zero-order valence-electron chi connectivity index (χ0n) is 18.3. The van der Waals surface area contributed by atoms with Crippen LogP contribution < -0.4 is 10.1 Å². The highest BCUT2D eigenvalue weighted by atomic mass is 32.1. The molecule has 0 saturated carbocycles. The lowest BCUT2D eigenvalue weighted by molar-refractivity contribution is 0.298. The molecule has 7 heteroatoms. The summed E-state index contributed by atoms with van der Waals surface area (Å²) in [7, 11) is 1.68. The minimum Gasteiger partial charge on any atom is -0.497 e. The lowest BCUT2D eigenvalue weighted by Gasteiger charge is -2.29. The Balaban J connectivity index is 1.52. The average Bonchev–Trinajstić information content (AvgIpc) is 3.44. The fourth-order valence-corrected chi connectivity index (χ4v) is 4.64. The first-order valence-electron chi connectivity index (χ1n) is 10.9. The number of ether oxygens (including phenoxy) is 1. The molecular weight excluding hydrogens is 430 g/mol. The molecule has 1 aromatic carbocycles. The number of methoxy groups -OCH3 is 1. The lowest BCUT2D eigenvalue weighted by atomic mass is 10.0. The Morgan fingerprint density at radius 2 is 1.70 bits per heavy atom. The number of nitrogens with zero attached hydrogens (tertiary/aromatic N) is 4. The van der Waals surface area contributed by atoms with Crippen LogP contribution in [0, 0.1) is 0 Å². The molecule has 0 aliphatic carbocycles. The SMILES string of the molecule is COc1ccc(CN2C(=S)N[C@H](c3ccccn3)[C@@H]2c2cccn2Cc2ccccn2)cc1. The predicted octanol–water partition coefficient (Wildman–Crippen LogP) is 4.51. The third-order valence-electron chi connectivity index (χ3n) is 5.94. The number of rotatable bonds is 7. The Labute approximate surface area is 198 Å². The Hall–Kier alpha value is -3.71. The van der Waals surface area contributed by atoms with Crippen molar-refractivity contribution in [1.82, 2.24) is 24.8 Å². The molecule has 0 amide bonds. The molecule has 166 valence electrons. The molecule has 4 heterocycles. The third-order valence-corrected chi connectivity index (χ3v) is 6.29. The third kappa shape index (κ3) is 4.45. The van der Waals surface area contributed by atoms with E-state index in [0.717, 1.165) is 33.5 Å². The fraction of sp³-hybridized carbons (Fsp3) is 0.192. The summed E-state index contributed by atoms with van der Waals surface area (Å²) < 4.78 is 7.57. The van der Waals surface area contributed by atoms with Gasteiger partial charge in [0, 0.05) is 30.8 Å². The molecule has 33 heavy (non-hydrogen) atoms. The maximum absolute atomic E-state index is 5.83. The van der Waals surface area contributed by atoms with Gasteiger partial charge in [0.2, 0.25) is 0 Å². The van der Waals surface area contributed by atoms with E-state index in [1.165, 1.54) is 0 Å². The first kappa shape index (κ1) is 21.2. The highest BCUT2D eigenvalue weighted by Gasteiger charge is 2.41. The van der Waals surface area contributed by atoms with Gasteiger partial charge >= 0.3 is 0 Å². The first-order valence-corrected chi connectivity index (χ1v) is 11.3. The topological polar surface area (TPSA) is 55.2 Å². The minimum absolute atomic E-state index is 0.0202. The lowest BCUT2D eigenvalue weighted by Crippen LogP contribution is -2.30. The molecule has 2 atom stereocenters. The summed E-state index contributed by atoms with van der Waals surface area (Å²) in [5, 5.41) is 4.25. The predicted molar refractivity (Wildman–Crippen MR) is 132 cm³/mol. The largest absolute Gasteiger partial charge is 0.497 e. The number of pyridine rings is 2. The van der Waals surface area contributed by atoms with E-state index in [4.69, 9.17) is 17.0 Å². The van der Waals surface area contributed by atoms with Crippen LogP contribution in [0.15, 0.2) is 91.4 Å². The normalized spacial score (nSPS) is 17.7. The Morgan fingerprint density at radius 1 is 0.909 bits per heavy atom. The zero-order chi connectivity index (χ0) is 22.6. The van der Waals surface area contributed by atoms with Gasteiger partial charge in [-0.1, -0.05) is 24.3 Å². The molecule has 4 aromatic rings. The van der Waals surface area contributed by atoms with Crippen LogP contribution >= 0.6 is 12.2 Å². The van der Waals surface area contributed by atoms with Gasteiger partial charge in [-0.3, -0.25) is 9.97 Å². The van der Waals surface area contributed by atoms with Gasteiger partial charge in [-0.05, 0) is 66.3 Å². The van der Waals surface area contributed by atoms with Gasteiger partial charge in [0.1, 0.15) is 5.75 Å². The standard InChI is InChI=1S/C26H25N5OS/c1-32-21-12-10-19(11-13-21)17-31-25(24(29-26(31)33)22-8-3-5-15-28-22)23-9-6-16-30(23)18-20-7-2-4-14-27-20/h2-16,24-25H,17-18H2,1H3,(H,29,33)/t24-,25+/m1/s1. The van der Waals surface area contributed by atoms with Gasteiger partial charge < -0.3 is 19.5 Å². The van der Waals surface area contributed by atoms with E-state index >= 15 is 0 Å². The molecule has 0 bridgehead atoms. The molecular formula is C26H25N5OS. The van der Waals surface area contributed by atoms with Crippen molar-refractivity contribution < 1.29 is 4.74 Å². The van der Waals surface area contributed by atoms with Crippen molar-refractivity contribution in [3.8, 4) is 5.75 Å². The maximum atomic E-state index is 5.83.